The summed E-state index contributed by atoms with van der Waals surface area (Å²) in [7, 11) is 0. The number of benzene rings is 2. The SMILES string of the molecule is Cc1cccc(-n2c(=S)n(CN3CCOCC3)c3ccccc32)c1. The molecular formula is C19H21N3OS. The molecule has 4 nitrogen and oxygen atoms in total. The minimum atomic E-state index is 0.795. The van der Waals surface area contributed by atoms with Crippen molar-refractivity contribution in [3.8, 4) is 5.69 Å². The van der Waals surface area contributed by atoms with Crippen molar-refractivity contribution in [3.05, 3.63) is 58.9 Å². The van der Waals surface area contributed by atoms with Crippen LogP contribution in [0.25, 0.3) is 16.7 Å². The molecule has 124 valence electrons. The highest BCUT2D eigenvalue weighted by Gasteiger charge is 2.16. The van der Waals surface area contributed by atoms with Gasteiger partial charge in [-0.1, -0.05) is 24.3 Å². The minimum Gasteiger partial charge on any atom is -0.379 e. The Labute approximate surface area is 146 Å². The van der Waals surface area contributed by atoms with Crippen molar-refractivity contribution in [1.82, 2.24) is 14.0 Å². The predicted molar refractivity (Wildman–Crippen MR) is 99.2 cm³/mol. The molecule has 0 aliphatic carbocycles. The van der Waals surface area contributed by atoms with E-state index in [1.54, 1.807) is 0 Å². The summed E-state index contributed by atoms with van der Waals surface area (Å²) >= 11 is 5.85. The molecule has 0 N–H and O–H groups in total. The zero-order chi connectivity index (χ0) is 16.5. The van der Waals surface area contributed by atoms with Crippen molar-refractivity contribution in [3.63, 3.8) is 0 Å². The van der Waals surface area contributed by atoms with Gasteiger partial charge < -0.3 is 9.30 Å². The fraction of sp³-hybridized carbons (Fsp3) is 0.316. The van der Waals surface area contributed by atoms with Gasteiger partial charge in [-0.15, -0.1) is 0 Å². The van der Waals surface area contributed by atoms with Crippen LogP contribution in [0, 0.1) is 11.7 Å². The van der Waals surface area contributed by atoms with Gasteiger partial charge in [0, 0.05) is 18.8 Å². The van der Waals surface area contributed by atoms with Gasteiger partial charge in [0.2, 0.25) is 0 Å². The Kier molecular flexibility index (Phi) is 4.22. The number of nitrogens with zero attached hydrogens (tertiary/aromatic N) is 3. The molecule has 1 fully saturated rings. The number of hydrogen-bond acceptors (Lipinski definition) is 3. The smallest absolute Gasteiger partial charge is 0.186 e. The Balaban J connectivity index is 1.86. The highest BCUT2D eigenvalue weighted by atomic mass is 32.1. The topological polar surface area (TPSA) is 22.3 Å². The lowest BCUT2D eigenvalue weighted by Gasteiger charge is -2.27. The zero-order valence-corrected chi connectivity index (χ0v) is 14.6. The molecule has 0 amide bonds. The van der Waals surface area contributed by atoms with Gasteiger partial charge in [0.25, 0.3) is 0 Å². The zero-order valence-electron chi connectivity index (χ0n) is 13.8. The molecule has 0 bridgehead atoms. The fourth-order valence-corrected chi connectivity index (χ4v) is 3.66. The lowest BCUT2D eigenvalue weighted by molar-refractivity contribution is 0.0238. The maximum Gasteiger partial charge on any atom is 0.186 e. The second-order valence-electron chi connectivity index (χ2n) is 6.25. The van der Waals surface area contributed by atoms with E-state index in [1.807, 2.05) is 0 Å². The van der Waals surface area contributed by atoms with Crippen LogP contribution in [0.5, 0.6) is 0 Å². The molecule has 0 saturated carbocycles. The highest BCUT2D eigenvalue weighted by Crippen LogP contribution is 2.23. The number of aromatic nitrogens is 2. The number of fused-ring (bicyclic) bond motifs is 1. The van der Waals surface area contributed by atoms with Crippen LogP contribution >= 0.6 is 12.2 Å². The van der Waals surface area contributed by atoms with Crippen molar-refractivity contribution < 1.29 is 4.74 Å². The maximum absolute atomic E-state index is 5.85. The van der Waals surface area contributed by atoms with Crippen LogP contribution in [0.15, 0.2) is 48.5 Å². The number of ether oxygens (including phenoxy) is 1. The summed E-state index contributed by atoms with van der Waals surface area (Å²) in [6.07, 6.45) is 0. The molecule has 4 rings (SSSR count). The maximum atomic E-state index is 5.85. The number of aryl methyl sites for hydroxylation is 1. The van der Waals surface area contributed by atoms with Gasteiger partial charge in [-0.3, -0.25) is 9.47 Å². The molecule has 0 radical (unpaired) electrons. The molecule has 2 heterocycles. The predicted octanol–water partition coefficient (Wildman–Crippen LogP) is 3.76. The van der Waals surface area contributed by atoms with Crippen LogP contribution in [-0.2, 0) is 11.4 Å². The number of imidazole rings is 1. The van der Waals surface area contributed by atoms with Gasteiger partial charge >= 0.3 is 0 Å². The van der Waals surface area contributed by atoms with Crippen LogP contribution in [0.2, 0.25) is 0 Å². The van der Waals surface area contributed by atoms with E-state index in [2.05, 4.69) is 69.5 Å². The standard InChI is InChI=1S/C19H21N3OS/c1-15-5-4-6-16(13-15)22-18-8-3-2-7-17(18)21(19(22)24)14-20-9-11-23-12-10-20/h2-8,13H,9-12,14H2,1H3. The summed E-state index contributed by atoms with van der Waals surface area (Å²) in [5, 5.41) is 0. The molecule has 24 heavy (non-hydrogen) atoms. The molecule has 1 saturated heterocycles. The quantitative estimate of drug-likeness (QED) is 0.679. The Morgan fingerprint density at radius 1 is 1.00 bits per heavy atom. The summed E-state index contributed by atoms with van der Waals surface area (Å²) in [5.41, 5.74) is 4.69. The monoisotopic (exact) mass is 339 g/mol. The number of rotatable bonds is 3. The van der Waals surface area contributed by atoms with Crippen molar-refractivity contribution in [2.75, 3.05) is 26.3 Å². The minimum absolute atomic E-state index is 0.795. The van der Waals surface area contributed by atoms with Crippen molar-refractivity contribution in [2.45, 2.75) is 13.6 Å². The van der Waals surface area contributed by atoms with Crippen LogP contribution in [0.1, 0.15) is 5.56 Å². The van der Waals surface area contributed by atoms with Crippen LogP contribution in [-0.4, -0.2) is 40.3 Å². The van der Waals surface area contributed by atoms with Gasteiger partial charge in [0.15, 0.2) is 4.77 Å². The van der Waals surface area contributed by atoms with E-state index >= 15 is 0 Å². The van der Waals surface area contributed by atoms with Gasteiger partial charge in [-0.2, -0.15) is 0 Å². The van der Waals surface area contributed by atoms with Crippen LogP contribution < -0.4 is 0 Å². The first kappa shape index (κ1) is 15.6. The average molecular weight is 339 g/mol. The van der Waals surface area contributed by atoms with Gasteiger partial charge in [-0.05, 0) is 49.0 Å². The Hall–Kier alpha value is -1.95. The first-order valence-corrected chi connectivity index (χ1v) is 8.72. The Morgan fingerprint density at radius 2 is 1.75 bits per heavy atom. The summed E-state index contributed by atoms with van der Waals surface area (Å²) in [6.45, 7) is 6.41. The van der Waals surface area contributed by atoms with E-state index in [1.165, 1.54) is 11.1 Å². The lowest BCUT2D eigenvalue weighted by atomic mass is 10.2. The number of hydrogen-bond donors (Lipinski definition) is 0. The average Bonchev–Trinajstić information content (AvgIpc) is 2.88. The molecule has 1 aromatic heterocycles. The molecule has 1 aliphatic heterocycles. The van der Waals surface area contributed by atoms with Crippen molar-refractivity contribution >= 4 is 23.3 Å². The summed E-state index contributed by atoms with van der Waals surface area (Å²) in [5.74, 6) is 0. The van der Waals surface area contributed by atoms with E-state index in [4.69, 9.17) is 17.0 Å². The molecule has 0 unspecified atom stereocenters. The van der Waals surface area contributed by atoms with E-state index in [-0.39, 0.29) is 0 Å². The fourth-order valence-electron chi connectivity index (χ4n) is 3.30. The van der Waals surface area contributed by atoms with Gasteiger partial charge in [-0.25, -0.2) is 0 Å². The number of para-hydroxylation sites is 2. The summed E-state index contributed by atoms with van der Waals surface area (Å²) in [4.78, 5) is 2.40. The third-order valence-corrected chi connectivity index (χ3v) is 4.94. The first-order valence-electron chi connectivity index (χ1n) is 8.31. The molecule has 2 aromatic carbocycles. The van der Waals surface area contributed by atoms with E-state index in [9.17, 15) is 0 Å². The van der Waals surface area contributed by atoms with E-state index in [0.29, 0.717) is 0 Å². The van der Waals surface area contributed by atoms with Crippen molar-refractivity contribution in [2.24, 2.45) is 0 Å². The Morgan fingerprint density at radius 3 is 2.50 bits per heavy atom. The molecule has 5 heteroatoms. The first-order chi connectivity index (χ1) is 11.7. The summed E-state index contributed by atoms with van der Waals surface area (Å²) < 4.78 is 10.7. The van der Waals surface area contributed by atoms with E-state index < -0.39 is 0 Å². The third-order valence-electron chi connectivity index (χ3n) is 4.54. The molecule has 0 spiro atoms. The lowest BCUT2D eigenvalue weighted by Crippen LogP contribution is -2.37. The third kappa shape index (κ3) is 2.79. The van der Waals surface area contributed by atoms with Gasteiger partial charge in [0.1, 0.15) is 0 Å². The van der Waals surface area contributed by atoms with Crippen LogP contribution in [0.4, 0.5) is 0 Å². The van der Waals surface area contributed by atoms with Crippen molar-refractivity contribution in [1.29, 1.82) is 0 Å². The second-order valence-corrected chi connectivity index (χ2v) is 6.61. The molecular weight excluding hydrogens is 318 g/mol. The van der Waals surface area contributed by atoms with E-state index in [0.717, 1.165) is 48.9 Å². The molecule has 0 atom stereocenters. The van der Waals surface area contributed by atoms with Gasteiger partial charge in [0.05, 0.1) is 30.9 Å². The Bertz CT molecular complexity index is 922. The molecule has 1 aliphatic rings. The highest BCUT2D eigenvalue weighted by molar-refractivity contribution is 7.71. The largest absolute Gasteiger partial charge is 0.379 e. The van der Waals surface area contributed by atoms with Crippen LogP contribution in [0.3, 0.4) is 0 Å². The molecule has 3 aromatic rings. The normalized spacial score (nSPS) is 15.9. The summed E-state index contributed by atoms with van der Waals surface area (Å²) in [6, 6.07) is 16.9. The number of morpholine rings is 1. The second kappa shape index (κ2) is 6.51.